The lowest BCUT2D eigenvalue weighted by atomic mass is 9.88. The molecule has 0 saturated carbocycles. The van der Waals surface area contributed by atoms with Gasteiger partial charge < -0.3 is 0 Å². The van der Waals surface area contributed by atoms with Crippen LogP contribution in [0, 0.1) is 0 Å². The average Bonchev–Trinajstić information content (AvgIpc) is 2.50. The predicted molar refractivity (Wildman–Crippen MR) is 101 cm³/mol. The first-order chi connectivity index (χ1) is 10.9. The van der Waals surface area contributed by atoms with Gasteiger partial charge >= 0.3 is 0 Å². The summed E-state index contributed by atoms with van der Waals surface area (Å²) in [7, 11) is -3.99. The Labute approximate surface area is 145 Å². The molecule has 0 rings (SSSR count). The molecule has 0 aliphatic carbocycles. The Kier molecular flexibility index (Phi) is 13.2. The van der Waals surface area contributed by atoms with Crippen molar-refractivity contribution in [2.24, 2.45) is 0 Å². The largest absolute Gasteiger partial charge is 0.285 e. The smallest absolute Gasteiger partial charge is 0.270 e. The highest BCUT2D eigenvalue weighted by Gasteiger charge is 2.41. The molecule has 0 spiro atoms. The Morgan fingerprint density at radius 2 is 0.913 bits per heavy atom. The van der Waals surface area contributed by atoms with Crippen LogP contribution < -0.4 is 0 Å². The first-order valence-corrected chi connectivity index (χ1v) is 11.3. The van der Waals surface area contributed by atoms with Crippen molar-refractivity contribution < 1.29 is 13.0 Å². The lowest BCUT2D eigenvalue weighted by Crippen LogP contribution is -2.38. The summed E-state index contributed by atoms with van der Waals surface area (Å²) in [6.45, 7) is 6.47. The van der Waals surface area contributed by atoms with Gasteiger partial charge in [-0.2, -0.15) is 8.42 Å². The molecule has 0 heterocycles. The van der Waals surface area contributed by atoms with Gasteiger partial charge in [-0.3, -0.25) is 4.55 Å². The molecule has 0 saturated heterocycles. The Morgan fingerprint density at radius 1 is 0.609 bits per heavy atom. The minimum Gasteiger partial charge on any atom is -0.285 e. The number of hydrogen-bond acceptors (Lipinski definition) is 2. The van der Waals surface area contributed by atoms with Gasteiger partial charge in [0, 0.05) is 0 Å². The average molecular weight is 349 g/mol. The van der Waals surface area contributed by atoms with Crippen LogP contribution in [0.15, 0.2) is 0 Å². The summed E-state index contributed by atoms with van der Waals surface area (Å²) in [6.07, 6.45) is 14.7. The van der Waals surface area contributed by atoms with Gasteiger partial charge in [0.1, 0.15) is 0 Å². The van der Waals surface area contributed by atoms with Crippen molar-refractivity contribution in [2.75, 3.05) is 0 Å². The fourth-order valence-corrected chi connectivity index (χ4v) is 4.59. The summed E-state index contributed by atoms with van der Waals surface area (Å²) in [5.74, 6) is 0. The molecule has 3 nitrogen and oxygen atoms in total. The number of hydrogen-bond donors (Lipinski definition) is 1. The van der Waals surface area contributed by atoms with Gasteiger partial charge in [0.25, 0.3) is 10.1 Å². The van der Waals surface area contributed by atoms with Gasteiger partial charge in [-0.05, 0) is 19.3 Å². The van der Waals surface area contributed by atoms with Crippen LogP contribution >= 0.6 is 0 Å². The van der Waals surface area contributed by atoms with Crippen molar-refractivity contribution in [1.82, 2.24) is 0 Å². The highest BCUT2D eigenvalue weighted by atomic mass is 32.2. The molecule has 23 heavy (non-hydrogen) atoms. The quantitative estimate of drug-likeness (QED) is 0.255. The van der Waals surface area contributed by atoms with Crippen LogP contribution in [0.25, 0.3) is 0 Å². The molecule has 0 fully saturated rings. The summed E-state index contributed by atoms with van der Waals surface area (Å²) in [5, 5.41) is 0. The second-order valence-electron chi connectivity index (χ2n) is 7.09. The monoisotopic (exact) mass is 348 g/mol. The van der Waals surface area contributed by atoms with E-state index in [9.17, 15) is 13.0 Å². The summed E-state index contributed by atoms with van der Waals surface area (Å²) < 4.78 is 33.5. The highest BCUT2D eigenvalue weighted by Crippen LogP contribution is 2.35. The molecule has 0 aromatic heterocycles. The molecule has 0 atom stereocenters. The van der Waals surface area contributed by atoms with E-state index in [1.54, 1.807) is 0 Å². The van der Waals surface area contributed by atoms with Crippen molar-refractivity contribution in [3.05, 3.63) is 0 Å². The first kappa shape index (κ1) is 22.9. The van der Waals surface area contributed by atoms with Gasteiger partial charge in [-0.15, -0.1) is 0 Å². The van der Waals surface area contributed by atoms with Gasteiger partial charge in [0.05, 0.1) is 4.75 Å². The fraction of sp³-hybridized carbons (Fsp3) is 1.00. The fourth-order valence-electron chi connectivity index (χ4n) is 3.38. The van der Waals surface area contributed by atoms with Crippen LogP contribution in [0.5, 0.6) is 0 Å². The maximum Gasteiger partial charge on any atom is 0.270 e. The topological polar surface area (TPSA) is 54.4 Å². The van der Waals surface area contributed by atoms with Gasteiger partial charge in [-0.25, -0.2) is 0 Å². The Bertz CT molecular complexity index is 332. The van der Waals surface area contributed by atoms with Crippen molar-refractivity contribution in [2.45, 2.75) is 122 Å². The third-order valence-corrected chi connectivity index (χ3v) is 6.71. The standard InChI is InChI=1S/C19H40O3S/c1-4-7-10-13-16-19(23(20,21)22,17-14-11-8-5-2)18-15-12-9-6-3/h4-18H2,1-3H3,(H,20,21,22). The molecule has 0 radical (unpaired) electrons. The summed E-state index contributed by atoms with van der Waals surface area (Å²) >= 11 is 0. The van der Waals surface area contributed by atoms with Crippen LogP contribution in [-0.2, 0) is 10.1 Å². The van der Waals surface area contributed by atoms with Crippen molar-refractivity contribution in [3.8, 4) is 0 Å². The molecule has 4 heteroatoms. The lowest BCUT2D eigenvalue weighted by Gasteiger charge is -2.31. The van der Waals surface area contributed by atoms with E-state index in [1.807, 2.05) is 0 Å². The van der Waals surface area contributed by atoms with E-state index in [1.165, 1.54) is 0 Å². The first-order valence-electron chi connectivity index (χ1n) is 9.90. The van der Waals surface area contributed by atoms with Gasteiger partial charge in [-0.1, -0.05) is 97.8 Å². The van der Waals surface area contributed by atoms with Crippen molar-refractivity contribution in [1.29, 1.82) is 0 Å². The molecule has 0 aliphatic rings. The third-order valence-electron chi connectivity index (χ3n) is 5.01. The Balaban J connectivity index is 4.82. The molecule has 0 bridgehead atoms. The predicted octanol–water partition coefficient (Wildman–Crippen LogP) is 6.52. The van der Waals surface area contributed by atoms with Crippen LogP contribution in [0.3, 0.4) is 0 Å². The van der Waals surface area contributed by atoms with Crippen molar-refractivity contribution in [3.63, 3.8) is 0 Å². The van der Waals surface area contributed by atoms with E-state index >= 15 is 0 Å². The van der Waals surface area contributed by atoms with Gasteiger partial charge in [0.15, 0.2) is 0 Å². The van der Waals surface area contributed by atoms with E-state index in [2.05, 4.69) is 20.8 Å². The zero-order valence-corrected chi connectivity index (χ0v) is 16.6. The van der Waals surface area contributed by atoms with Crippen LogP contribution in [-0.4, -0.2) is 17.7 Å². The minimum atomic E-state index is -3.99. The molecule has 0 amide bonds. The minimum absolute atomic E-state index is 0.629. The molecule has 140 valence electrons. The second-order valence-corrected chi connectivity index (χ2v) is 8.91. The zero-order chi connectivity index (χ0) is 17.6. The second kappa shape index (κ2) is 13.2. The highest BCUT2D eigenvalue weighted by molar-refractivity contribution is 7.87. The van der Waals surface area contributed by atoms with E-state index < -0.39 is 14.9 Å². The van der Waals surface area contributed by atoms with Crippen LogP contribution in [0.1, 0.15) is 117 Å². The van der Waals surface area contributed by atoms with Crippen LogP contribution in [0.4, 0.5) is 0 Å². The summed E-state index contributed by atoms with van der Waals surface area (Å²) in [4.78, 5) is 0. The van der Waals surface area contributed by atoms with E-state index in [4.69, 9.17) is 0 Å². The molecular weight excluding hydrogens is 308 g/mol. The van der Waals surface area contributed by atoms with Gasteiger partial charge in [0.2, 0.25) is 0 Å². The zero-order valence-electron chi connectivity index (χ0n) is 15.8. The van der Waals surface area contributed by atoms with E-state index in [0.717, 1.165) is 77.0 Å². The summed E-state index contributed by atoms with van der Waals surface area (Å²) in [6, 6.07) is 0. The molecule has 0 aromatic rings. The Hall–Kier alpha value is -0.0900. The van der Waals surface area contributed by atoms with E-state index in [-0.39, 0.29) is 0 Å². The number of unbranched alkanes of at least 4 members (excludes halogenated alkanes) is 9. The summed E-state index contributed by atoms with van der Waals surface area (Å²) in [5.41, 5.74) is 0. The molecule has 0 aliphatic heterocycles. The normalized spacial score (nSPS) is 12.7. The Morgan fingerprint density at radius 3 is 1.13 bits per heavy atom. The van der Waals surface area contributed by atoms with E-state index in [0.29, 0.717) is 19.3 Å². The maximum absolute atomic E-state index is 12.2. The molecule has 1 N–H and O–H groups in total. The third kappa shape index (κ3) is 9.71. The maximum atomic E-state index is 12.2. The molecular formula is C19H40O3S. The lowest BCUT2D eigenvalue weighted by molar-refractivity contribution is 0.345. The van der Waals surface area contributed by atoms with Crippen molar-refractivity contribution >= 4 is 10.1 Å². The molecule has 0 aromatic carbocycles. The number of rotatable bonds is 16. The molecule has 0 unspecified atom stereocenters. The van der Waals surface area contributed by atoms with Crippen LogP contribution in [0.2, 0.25) is 0 Å². The SMILES string of the molecule is CCCCCCC(CCCCCC)(CCCCCC)S(=O)(=O)O.